The smallest absolute Gasteiger partial charge is 0.272 e. The number of amides is 3. The van der Waals surface area contributed by atoms with Gasteiger partial charge in [-0.05, 0) is 60.7 Å². The third-order valence-electron chi connectivity index (χ3n) is 6.85. The Balaban J connectivity index is 1.26. The Hall–Kier alpha value is -5.59. The van der Waals surface area contributed by atoms with Crippen molar-refractivity contribution in [2.24, 2.45) is 0 Å². The van der Waals surface area contributed by atoms with Gasteiger partial charge in [-0.2, -0.15) is 0 Å². The number of nitrogens with zero attached hydrogens (tertiary/aromatic N) is 1. The Morgan fingerprint density at radius 2 is 1.58 bits per heavy atom. The summed E-state index contributed by atoms with van der Waals surface area (Å²) in [6.45, 7) is 0. The van der Waals surface area contributed by atoms with Gasteiger partial charge in [0, 0.05) is 38.7 Å². The molecule has 0 aliphatic carbocycles. The topological polar surface area (TPSA) is 128 Å². The van der Waals surface area contributed by atoms with Crippen LogP contribution in [0, 0.1) is 0 Å². The Kier molecular flexibility index (Phi) is 11.5. The van der Waals surface area contributed by atoms with E-state index in [1.165, 1.54) is 36.3 Å². The zero-order valence-corrected chi connectivity index (χ0v) is 27.9. The first kappa shape index (κ1) is 33.8. The van der Waals surface area contributed by atoms with Gasteiger partial charge in [-0.15, -0.1) is 23.1 Å². The number of aromatic nitrogens is 1. The molecule has 0 saturated heterocycles. The molecule has 5 aromatic rings. The maximum Gasteiger partial charge on any atom is 0.272 e. The van der Waals surface area contributed by atoms with E-state index in [0.717, 1.165) is 21.9 Å². The largest absolute Gasteiger partial charge is 0.497 e. The molecule has 0 atom stereocenters. The van der Waals surface area contributed by atoms with Gasteiger partial charge in [0.1, 0.15) is 22.9 Å². The number of hydrogen-bond donors (Lipinski definition) is 3. The number of carbonyl (C=O) groups is 3. The highest BCUT2D eigenvalue weighted by Crippen LogP contribution is 2.29. The molecule has 3 N–H and O–H groups in total. The number of ether oxygens (including phenoxy) is 3. The van der Waals surface area contributed by atoms with Crippen molar-refractivity contribution in [2.45, 2.75) is 4.90 Å². The van der Waals surface area contributed by atoms with Crippen LogP contribution in [0.1, 0.15) is 15.9 Å². The minimum Gasteiger partial charge on any atom is -0.497 e. The third-order valence-corrected chi connectivity index (χ3v) is 8.60. The van der Waals surface area contributed by atoms with Gasteiger partial charge in [-0.3, -0.25) is 14.4 Å². The number of nitrogens with one attached hydrogen (secondary N) is 3. The van der Waals surface area contributed by atoms with E-state index in [0.29, 0.717) is 33.4 Å². The van der Waals surface area contributed by atoms with E-state index in [1.807, 2.05) is 35.7 Å². The van der Waals surface area contributed by atoms with Crippen LogP contribution in [0.15, 0.2) is 113 Å². The Morgan fingerprint density at radius 1 is 0.812 bits per heavy atom. The SMILES string of the molecule is COc1cccc(-c2csc(NC(=O)CSc3cccc(NC(=O)/C(=C\c4ccc(OC)cc4OC)NC(=O)c4ccccc4)c3)n2)c1. The molecular formula is C36H32N4O6S2. The van der Waals surface area contributed by atoms with Gasteiger partial charge >= 0.3 is 0 Å². The fourth-order valence-corrected chi connectivity index (χ4v) is 5.94. The average molecular weight is 681 g/mol. The molecule has 10 nitrogen and oxygen atoms in total. The third kappa shape index (κ3) is 9.02. The molecule has 0 fully saturated rings. The zero-order valence-electron chi connectivity index (χ0n) is 26.3. The lowest BCUT2D eigenvalue weighted by molar-refractivity contribution is -0.114. The molecule has 0 radical (unpaired) electrons. The van der Waals surface area contributed by atoms with Gasteiger partial charge in [0.15, 0.2) is 5.13 Å². The monoisotopic (exact) mass is 680 g/mol. The highest BCUT2D eigenvalue weighted by atomic mass is 32.2. The first-order valence-corrected chi connectivity index (χ1v) is 16.5. The first-order valence-electron chi connectivity index (χ1n) is 14.6. The molecule has 1 aromatic heterocycles. The molecule has 4 aromatic carbocycles. The number of thiazole rings is 1. The number of benzene rings is 4. The van der Waals surface area contributed by atoms with Crippen LogP contribution in [-0.4, -0.2) is 49.8 Å². The lowest BCUT2D eigenvalue weighted by Gasteiger charge is -2.13. The maximum absolute atomic E-state index is 13.6. The lowest BCUT2D eigenvalue weighted by Crippen LogP contribution is -2.30. The van der Waals surface area contributed by atoms with Crippen LogP contribution in [0.4, 0.5) is 10.8 Å². The maximum atomic E-state index is 13.6. The van der Waals surface area contributed by atoms with E-state index in [2.05, 4.69) is 20.9 Å². The number of carbonyl (C=O) groups excluding carboxylic acids is 3. The van der Waals surface area contributed by atoms with Gasteiger partial charge in [-0.1, -0.05) is 36.4 Å². The number of methoxy groups -OCH3 is 3. The van der Waals surface area contributed by atoms with E-state index in [4.69, 9.17) is 14.2 Å². The van der Waals surface area contributed by atoms with Gasteiger partial charge in [0.05, 0.1) is 32.8 Å². The molecule has 0 aliphatic rings. The standard InChI is InChI=1S/C36H32N4O6S2/c1-44-27-13-7-11-24(17-27)31-21-48-36(39-31)40-33(41)22-47-29-14-8-12-26(19-29)37-35(43)30(38-34(42)23-9-5-4-6-10-23)18-25-15-16-28(45-2)20-32(25)46-3/h4-21H,22H2,1-3H3,(H,37,43)(H,38,42)(H,39,40,41)/b30-18+. The van der Waals surface area contributed by atoms with E-state index in [-0.39, 0.29) is 17.4 Å². The second-order valence-corrected chi connectivity index (χ2v) is 12.0. The minimum atomic E-state index is -0.548. The zero-order chi connectivity index (χ0) is 33.9. The Bertz CT molecular complexity index is 1940. The Labute approximate surface area is 286 Å². The van der Waals surface area contributed by atoms with Crippen LogP contribution >= 0.6 is 23.1 Å². The van der Waals surface area contributed by atoms with Crippen LogP contribution in [0.5, 0.6) is 17.2 Å². The number of anilines is 2. The Morgan fingerprint density at radius 3 is 2.35 bits per heavy atom. The molecule has 0 unspecified atom stereocenters. The van der Waals surface area contributed by atoms with Crippen molar-refractivity contribution in [3.05, 3.63) is 119 Å². The molecule has 12 heteroatoms. The molecule has 0 aliphatic heterocycles. The first-order chi connectivity index (χ1) is 23.3. The lowest BCUT2D eigenvalue weighted by atomic mass is 10.1. The fourth-order valence-electron chi connectivity index (χ4n) is 4.45. The summed E-state index contributed by atoms with van der Waals surface area (Å²) in [6.07, 6.45) is 1.54. The van der Waals surface area contributed by atoms with Crippen LogP contribution in [0.25, 0.3) is 17.3 Å². The summed E-state index contributed by atoms with van der Waals surface area (Å²) in [5, 5.41) is 10.8. The molecule has 0 spiro atoms. The van der Waals surface area contributed by atoms with Crippen molar-refractivity contribution in [2.75, 3.05) is 37.7 Å². The normalized spacial score (nSPS) is 10.9. The van der Waals surface area contributed by atoms with Gasteiger partial charge in [0.2, 0.25) is 5.91 Å². The van der Waals surface area contributed by atoms with Crippen molar-refractivity contribution in [3.63, 3.8) is 0 Å². The van der Waals surface area contributed by atoms with Crippen LogP contribution in [0.2, 0.25) is 0 Å². The predicted octanol–water partition coefficient (Wildman–Crippen LogP) is 6.98. The quantitative estimate of drug-likeness (QED) is 0.0899. The van der Waals surface area contributed by atoms with Crippen LogP contribution in [0.3, 0.4) is 0 Å². The van der Waals surface area contributed by atoms with E-state index < -0.39 is 11.8 Å². The van der Waals surface area contributed by atoms with Crippen LogP contribution in [-0.2, 0) is 9.59 Å². The number of thioether (sulfide) groups is 1. The summed E-state index contributed by atoms with van der Waals surface area (Å²) in [5.41, 5.74) is 3.06. The van der Waals surface area contributed by atoms with Crippen LogP contribution < -0.4 is 30.2 Å². The molecule has 3 amide bonds. The summed E-state index contributed by atoms with van der Waals surface area (Å²) >= 11 is 2.65. The molecule has 244 valence electrons. The van der Waals surface area contributed by atoms with Gasteiger partial charge < -0.3 is 30.2 Å². The summed E-state index contributed by atoms with van der Waals surface area (Å²) in [5.74, 6) is 0.672. The van der Waals surface area contributed by atoms with Crippen molar-refractivity contribution >= 4 is 57.7 Å². The molecule has 0 saturated carbocycles. The molecule has 0 bridgehead atoms. The second-order valence-electron chi connectivity index (χ2n) is 10.1. The summed E-state index contributed by atoms with van der Waals surface area (Å²) in [7, 11) is 4.66. The second kappa shape index (κ2) is 16.3. The van der Waals surface area contributed by atoms with Gasteiger partial charge in [-0.25, -0.2) is 4.98 Å². The fraction of sp³-hybridized carbons (Fsp3) is 0.111. The molecule has 48 heavy (non-hydrogen) atoms. The predicted molar refractivity (Wildman–Crippen MR) is 190 cm³/mol. The summed E-state index contributed by atoms with van der Waals surface area (Å²) < 4.78 is 16.1. The van der Waals surface area contributed by atoms with E-state index >= 15 is 0 Å². The van der Waals surface area contributed by atoms with E-state index in [9.17, 15) is 14.4 Å². The summed E-state index contributed by atoms with van der Waals surface area (Å²) in [4.78, 5) is 44.7. The molecule has 5 rings (SSSR count). The number of rotatable bonds is 13. The molecular weight excluding hydrogens is 649 g/mol. The van der Waals surface area contributed by atoms with E-state index in [1.54, 1.807) is 80.9 Å². The summed E-state index contributed by atoms with van der Waals surface area (Å²) in [6, 6.07) is 28.4. The number of hydrogen-bond acceptors (Lipinski definition) is 9. The van der Waals surface area contributed by atoms with Crippen molar-refractivity contribution in [3.8, 4) is 28.5 Å². The minimum absolute atomic E-state index is 0.00141. The average Bonchev–Trinajstić information content (AvgIpc) is 3.59. The highest BCUT2D eigenvalue weighted by molar-refractivity contribution is 8.00. The van der Waals surface area contributed by atoms with Crippen molar-refractivity contribution in [1.29, 1.82) is 0 Å². The van der Waals surface area contributed by atoms with Crippen molar-refractivity contribution < 1.29 is 28.6 Å². The molecule has 1 heterocycles. The van der Waals surface area contributed by atoms with Gasteiger partial charge in [0.25, 0.3) is 11.8 Å². The highest BCUT2D eigenvalue weighted by Gasteiger charge is 2.17. The van der Waals surface area contributed by atoms with Crippen molar-refractivity contribution in [1.82, 2.24) is 10.3 Å².